The van der Waals surface area contributed by atoms with Crippen molar-refractivity contribution in [3.05, 3.63) is 0 Å². The molecule has 8 heteroatoms. The van der Waals surface area contributed by atoms with E-state index >= 15 is 0 Å². The third-order valence-corrected chi connectivity index (χ3v) is 11.1. The average molecular weight is 812 g/mol. The van der Waals surface area contributed by atoms with Gasteiger partial charge in [-0.1, -0.05) is 181 Å². The molecule has 1 N–H and O–H groups in total. The molecule has 0 aromatic rings. The van der Waals surface area contributed by atoms with Gasteiger partial charge in [-0.25, -0.2) is 0 Å². The topological polar surface area (TPSA) is 94.5 Å². The predicted molar refractivity (Wildman–Crippen MR) is 240 cm³/mol. The maximum atomic E-state index is 12.6. The van der Waals surface area contributed by atoms with Crippen molar-refractivity contribution in [2.75, 3.05) is 52.7 Å². The summed E-state index contributed by atoms with van der Waals surface area (Å²) < 4.78 is 23.3. The number of rotatable bonds is 48. The van der Waals surface area contributed by atoms with Gasteiger partial charge in [0.05, 0.1) is 26.2 Å². The van der Waals surface area contributed by atoms with E-state index in [0.717, 1.165) is 103 Å². The number of ether oxygens (including phenoxy) is 4. The minimum absolute atomic E-state index is 0.0405. The second kappa shape index (κ2) is 47.5. The van der Waals surface area contributed by atoms with Gasteiger partial charge in [-0.15, -0.1) is 0 Å². The summed E-state index contributed by atoms with van der Waals surface area (Å²) >= 11 is 0. The molecule has 0 radical (unpaired) electrons. The Morgan fingerprint density at radius 3 is 1.14 bits per heavy atom. The van der Waals surface area contributed by atoms with Crippen LogP contribution in [-0.4, -0.2) is 80.9 Å². The average Bonchev–Trinajstić information content (AvgIpc) is 3.21. The molecule has 0 amide bonds. The largest absolute Gasteiger partial charge is 0.466 e. The molecule has 0 unspecified atom stereocenters. The summed E-state index contributed by atoms with van der Waals surface area (Å²) in [6.45, 7) is 12.1. The fourth-order valence-electron chi connectivity index (χ4n) is 7.33. The number of unbranched alkanes of at least 4 members (excludes halogenated alkanes) is 27. The van der Waals surface area contributed by atoms with Crippen LogP contribution in [0.2, 0.25) is 0 Å². The van der Waals surface area contributed by atoms with Crippen LogP contribution < -0.4 is 0 Å². The lowest BCUT2D eigenvalue weighted by Gasteiger charge is -2.21. The van der Waals surface area contributed by atoms with Gasteiger partial charge in [-0.2, -0.15) is 0 Å². The fraction of sp³-hybridized carbons (Fsp3) is 0.959. The zero-order chi connectivity index (χ0) is 41.5. The summed E-state index contributed by atoms with van der Waals surface area (Å²) in [4.78, 5) is 26.9. The molecular formula is C49H97NO7. The van der Waals surface area contributed by atoms with Crippen LogP contribution in [-0.2, 0) is 28.5 Å². The smallest absolute Gasteiger partial charge is 0.305 e. The van der Waals surface area contributed by atoms with E-state index in [1.165, 1.54) is 122 Å². The summed E-state index contributed by atoms with van der Waals surface area (Å²) in [5.41, 5.74) is 0. The van der Waals surface area contributed by atoms with E-state index in [9.17, 15) is 14.7 Å². The van der Waals surface area contributed by atoms with Crippen LogP contribution in [0, 0.1) is 0 Å². The van der Waals surface area contributed by atoms with E-state index in [0.29, 0.717) is 45.7 Å². The highest BCUT2D eigenvalue weighted by Crippen LogP contribution is 2.14. The van der Waals surface area contributed by atoms with Crippen LogP contribution in [0.4, 0.5) is 0 Å². The molecule has 340 valence electrons. The van der Waals surface area contributed by atoms with E-state index in [2.05, 4.69) is 25.7 Å². The first-order valence-electron chi connectivity index (χ1n) is 24.9. The number of aliphatic hydroxyl groups excluding tert-OH is 1. The Kier molecular flexibility index (Phi) is 46.4. The van der Waals surface area contributed by atoms with Crippen molar-refractivity contribution in [2.24, 2.45) is 0 Å². The van der Waals surface area contributed by atoms with Crippen LogP contribution in [0.3, 0.4) is 0 Å². The number of esters is 2. The molecule has 0 aromatic carbocycles. The third-order valence-electron chi connectivity index (χ3n) is 11.1. The van der Waals surface area contributed by atoms with Gasteiger partial charge in [0.2, 0.25) is 0 Å². The summed E-state index contributed by atoms with van der Waals surface area (Å²) in [5, 5.41) is 9.56. The zero-order valence-electron chi connectivity index (χ0n) is 38.3. The van der Waals surface area contributed by atoms with E-state index < -0.39 is 0 Å². The highest BCUT2D eigenvalue weighted by molar-refractivity contribution is 5.69. The number of carbonyl (C=O) groups excluding carboxylic acids is 2. The molecule has 0 aliphatic heterocycles. The molecule has 0 fully saturated rings. The molecule has 0 heterocycles. The summed E-state index contributed by atoms with van der Waals surface area (Å²) in [6, 6.07) is 0. The van der Waals surface area contributed by atoms with Crippen molar-refractivity contribution in [2.45, 2.75) is 252 Å². The third kappa shape index (κ3) is 44.2. The zero-order valence-corrected chi connectivity index (χ0v) is 38.3. The van der Waals surface area contributed by atoms with Crippen molar-refractivity contribution in [1.29, 1.82) is 0 Å². The fourth-order valence-corrected chi connectivity index (χ4v) is 7.33. The Bertz CT molecular complexity index is 791. The lowest BCUT2D eigenvalue weighted by molar-refractivity contribution is -0.159. The lowest BCUT2D eigenvalue weighted by atomic mass is 10.1. The van der Waals surface area contributed by atoms with Gasteiger partial charge in [-0.05, 0) is 58.0 Å². The Labute approximate surface area is 354 Å². The summed E-state index contributed by atoms with van der Waals surface area (Å²) in [6.07, 6.45) is 39.5. The molecule has 0 aliphatic rings. The first-order chi connectivity index (χ1) is 28.1. The number of carbonyl (C=O) groups is 2. The van der Waals surface area contributed by atoms with Crippen LogP contribution in [0.1, 0.15) is 245 Å². The second-order valence-electron chi connectivity index (χ2n) is 16.7. The Morgan fingerprint density at radius 1 is 0.404 bits per heavy atom. The van der Waals surface area contributed by atoms with Gasteiger partial charge in [0.25, 0.3) is 0 Å². The minimum atomic E-state index is -0.325. The maximum absolute atomic E-state index is 12.6. The predicted octanol–water partition coefficient (Wildman–Crippen LogP) is 13.4. The Hall–Kier alpha value is -1.22. The number of nitrogens with zero attached hydrogens (tertiary/aromatic N) is 1. The monoisotopic (exact) mass is 812 g/mol. The van der Waals surface area contributed by atoms with E-state index in [-0.39, 0.29) is 24.8 Å². The molecular weight excluding hydrogens is 715 g/mol. The van der Waals surface area contributed by atoms with Crippen LogP contribution in [0.25, 0.3) is 0 Å². The van der Waals surface area contributed by atoms with Crippen molar-refractivity contribution in [1.82, 2.24) is 4.90 Å². The number of aliphatic hydroxyl groups is 1. The van der Waals surface area contributed by atoms with Gasteiger partial charge in [0, 0.05) is 32.6 Å². The summed E-state index contributed by atoms with van der Waals surface area (Å²) in [5.74, 6) is -0.194. The molecule has 0 aliphatic carbocycles. The van der Waals surface area contributed by atoms with Gasteiger partial charge in [0.1, 0.15) is 0 Å². The molecule has 0 bridgehead atoms. The van der Waals surface area contributed by atoms with Gasteiger partial charge >= 0.3 is 11.9 Å². The quantitative estimate of drug-likeness (QED) is 0.0369. The normalized spacial score (nSPS) is 11.6. The van der Waals surface area contributed by atoms with Gasteiger partial charge in [0.15, 0.2) is 6.29 Å². The number of hydrogen-bond donors (Lipinski definition) is 1. The van der Waals surface area contributed by atoms with Gasteiger partial charge in [-0.3, -0.25) is 9.59 Å². The molecule has 0 rings (SSSR count). The molecule has 0 spiro atoms. The van der Waals surface area contributed by atoms with Crippen LogP contribution in [0.15, 0.2) is 0 Å². The highest BCUT2D eigenvalue weighted by atomic mass is 16.7. The number of hydrogen-bond acceptors (Lipinski definition) is 8. The highest BCUT2D eigenvalue weighted by Gasteiger charge is 2.14. The van der Waals surface area contributed by atoms with Crippen LogP contribution >= 0.6 is 0 Å². The minimum Gasteiger partial charge on any atom is -0.466 e. The summed E-state index contributed by atoms with van der Waals surface area (Å²) in [7, 11) is 0. The Balaban J connectivity index is 4.04. The molecule has 0 aromatic heterocycles. The van der Waals surface area contributed by atoms with Crippen molar-refractivity contribution < 1.29 is 33.6 Å². The molecule has 57 heavy (non-hydrogen) atoms. The molecule has 0 saturated carbocycles. The van der Waals surface area contributed by atoms with Gasteiger partial charge < -0.3 is 29.0 Å². The Morgan fingerprint density at radius 2 is 0.737 bits per heavy atom. The molecule has 0 saturated heterocycles. The van der Waals surface area contributed by atoms with E-state index in [1.54, 1.807) is 0 Å². The van der Waals surface area contributed by atoms with Crippen molar-refractivity contribution >= 4 is 11.9 Å². The SMILES string of the molecule is CCCCCCCCCCOC(CCC(=O)OCCCCCCN(CCO)CCCCCCCC(=O)OCCCCCCCCC)OCCCCCCCCCC. The molecule has 8 nitrogen and oxygen atoms in total. The lowest BCUT2D eigenvalue weighted by Crippen LogP contribution is -2.29. The maximum Gasteiger partial charge on any atom is 0.305 e. The second-order valence-corrected chi connectivity index (χ2v) is 16.7. The van der Waals surface area contributed by atoms with E-state index in [4.69, 9.17) is 18.9 Å². The first-order valence-corrected chi connectivity index (χ1v) is 24.9. The first kappa shape index (κ1) is 55.8. The van der Waals surface area contributed by atoms with E-state index in [1.807, 2.05) is 0 Å². The van der Waals surface area contributed by atoms with Crippen LogP contribution in [0.5, 0.6) is 0 Å². The molecule has 0 atom stereocenters. The van der Waals surface area contributed by atoms with Crippen molar-refractivity contribution in [3.63, 3.8) is 0 Å². The standard InChI is InChI=1S/C49H97NO7/c1-4-7-10-13-16-19-26-34-45-56-49(57-46-35-27-20-17-14-11-8-5-2)38-37-48(53)55-44-33-28-24-31-40-50(41-42-51)39-30-23-21-22-29-36-47(52)54-43-32-25-18-15-12-9-6-3/h49,51H,4-46H2,1-3H3. The van der Waals surface area contributed by atoms with Crippen molar-refractivity contribution in [3.8, 4) is 0 Å².